The van der Waals surface area contributed by atoms with Crippen LogP contribution in [0.15, 0.2) is 0 Å². The number of rotatable bonds is 0. The highest BCUT2D eigenvalue weighted by atomic mass is 32.3. The van der Waals surface area contributed by atoms with Crippen LogP contribution in [0.2, 0.25) is 0 Å². The summed E-state index contributed by atoms with van der Waals surface area (Å²) < 4.78 is 34.1. The molecule has 0 unspecified atom stereocenters. The molecule has 14 N–H and O–H groups in total. The minimum Gasteiger partial charge on any atom is -0.759 e. The van der Waals surface area contributed by atoms with E-state index < -0.39 is 15.5 Å². The summed E-state index contributed by atoms with van der Waals surface area (Å²) in [6.45, 7) is 0. The summed E-state index contributed by atoms with van der Waals surface area (Å²) in [6.07, 6.45) is 0. The molecule has 0 heterocycles. The fourth-order valence-electron chi connectivity index (χ4n) is 0. The second-order valence-corrected chi connectivity index (χ2v) is 1.45. The van der Waals surface area contributed by atoms with E-state index in [1.54, 1.807) is 0 Å². The predicted octanol–water partition coefficient (Wildman–Crippen LogP) is -1.27. The smallest absolute Gasteiger partial charge is 0.0689 e. The molecule has 0 spiro atoms. The van der Waals surface area contributed by atoms with Crippen LogP contribution in [0.1, 0.15) is 0 Å². The summed E-state index contributed by atoms with van der Waals surface area (Å²) in [6, 6.07) is 0. The van der Waals surface area contributed by atoms with Crippen molar-refractivity contribution in [3.05, 3.63) is 15.3 Å². The molecule has 0 aromatic heterocycles. The van der Waals surface area contributed by atoms with Crippen molar-refractivity contribution in [2.24, 2.45) is 0 Å². The van der Waals surface area contributed by atoms with Gasteiger partial charge in [-0.1, -0.05) is 0 Å². The molecule has 0 aliphatic heterocycles. The van der Waals surface area contributed by atoms with Crippen LogP contribution in [0, 0.1) is 15.3 Å². The van der Waals surface area contributed by atoms with E-state index in [-0.39, 0.29) is 23.9 Å². The summed E-state index contributed by atoms with van der Waals surface area (Å²) in [5.74, 6) is 0. The van der Waals surface area contributed by atoms with Crippen LogP contribution < -0.4 is 18.5 Å². The van der Waals surface area contributed by atoms with Crippen LogP contribution in [0.4, 0.5) is 0 Å². The van der Waals surface area contributed by atoms with E-state index in [2.05, 4.69) is 0 Å². The van der Waals surface area contributed by atoms with Crippen molar-refractivity contribution in [1.82, 2.24) is 18.5 Å². The third-order valence-electron chi connectivity index (χ3n) is 0. The van der Waals surface area contributed by atoms with Gasteiger partial charge in [-0.3, -0.25) is 8.42 Å². The van der Waals surface area contributed by atoms with Gasteiger partial charge >= 0.3 is 0 Å². The van der Waals surface area contributed by atoms with Gasteiger partial charge in [0.2, 0.25) is 0 Å². The van der Waals surface area contributed by atoms with Crippen LogP contribution in [0.5, 0.6) is 0 Å². The zero-order valence-electron chi connectivity index (χ0n) is 7.21. The zero-order valence-corrected chi connectivity index (χ0v) is 8.03. The fraction of sp³-hybridized carbons (Fsp3) is 0. The highest BCUT2D eigenvalue weighted by molar-refractivity contribution is 7.79. The standard InChI is InChI=1S/NO3.3H3N.H2O4S.H2O/c2-1(3)4;;;;1-5(2,3)4;/h;3*1H3;(H2,1,2,3,4);1H2/q-1;;;;;/p+1. The SMILES string of the molecule is O.O=S(=O)([O-])[O-].O=[N+]([O-])[O-].[NH4+].[NH4+].[NH4+]. The lowest BCUT2D eigenvalue weighted by Crippen LogP contribution is -1.91. The van der Waals surface area contributed by atoms with Crippen molar-refractivity contribution in [3.63, 3.8) is 0 Å². The van der Waals surface area contributed by atoms with Crippen LogP contribution in [0.25, 0.3) is 0 Å². The molecule has 13 heavy (non-hydrogen) atoms. The minimum atomic E-state index is -5.17. The van der Waals surface area contributed by atoms with Crippen molar-refractivity contribution in [2.75, 3.05) is 0 Å². The Kier molecular flexibility index (Phi) is 53.5. The first-order valence-electron chi connectivity index (χ1n) is 1.21. The van der Waals surface area contributed by atoms with Crippen LogP contribution >= 0.6 is 0 Å². The van der Waals surface area contributed by atoms with Gasteiger partial charge in [-0.2, -0.15) is 0 Å². The van der Waals surface area contributed by atoms with Gasteiger partial charge in [0.25, 0.3) is 0 Å². The highest BCUT2D eigenvalue weighted by Gasteiger charge is 1.49. The molecule has 0 saturated heterocycles. The monoisotopic (exact) mass is 230 g/mol. The molecule has 0 atom stereocenters. The normalized spacial score (nSPS) is 6.31. The molecule has 0 aliphatic rings. The number of nitrogens with zero attached hydrogens (tertiary/aromatic N) is 1. The molecule has 0 fully saturated rings. The van der Waals surface area contributed by atoms with Gasteiger partial charge in [-0.05, 0) is 0 Å². The Bertz CT molecular complexity index is 159. The summed E-state index contributed by atoms with van der Waals surface area (Å²) in [5.41, 5.74) is 0. The molecule has 0 aliphatic carbocycles. The molecule has 0 amide bonds. The lowest BCUT2D eigenvalue weighted by Gasteiger charge is -2.06. The molecule has 0 bridgehead atoms. The van der Waals surface area contributed by atoms with E-state index in [1.807, 2.05) is 0 Å². The van der Waals surface area contributed by atoms with Crippen molar-refractivity contribution < 1.29 is 28.1 Å². The summed E-state index contributed by atoms with van der Waals surface area (Å²) in [4.78, 5) is 8.25. The average Bonchev–Trinajstić information content (AvgIpc) is 1.19. The average molecular weight is 230 g/mol. The first-order chi connectivity index (χ1) is 3.73. The van der Waals surface area contributed by atoms with Crippen LogP contribution in [0.3, 0.4) is 0 Å². The molecule has 0 saturated carbocycles. The third-order valence-corrected chi connectivity index (χ3v) is 0. The Hall–Kier alpha value is -1.09. The van der Waals surface area contributed by atoms with Gasteiger partial charge in [-0.15, -0.1) is 0 Å². The van der Waals surface area contributed by atoms with Crippen LogP contribution in [-0.4, -0.2) is 28.1 Å². The number of quaternary nitrogens is 3. The second kappa shape index (κ2) is 17.1. The van der Waals surface area contributed by atoms with Crippen molar-refractivity contribution in [1.29, 1.82) is 0 Å². The summed E-state index contributed by atoms with van der Waals surface area (Å²) in [7, 11) is -5.17. The van der Waals surface area contributed by atoms with Crippen molar-refractivity contribution >= 4 is 10.4 Å². The minimum absolute atomic E-state index is 0. The Morgan fingerprint density at radius 3 is 0.923 bits per heavy atom. The molecule has 0 aromatic rings. The van der Waals surface area contributed by atoms with Gasteiger partial charge < -0.3 is 48.4 Å². The Morgan fingerprint density at radius 2 is 0.923 bits per heavy atom. The first-order valence-corrected chi connectivity index (χ1v) is 2.55. The van der Waals surface area contributed by atoms with Crippen LogP contribution in [-0.2, 0) is 10.4 Å². The highest BCUT2D eigenvalue weighted by Crippen LogP contribution is 1.57. The largest absolute Gasteiger partial charge is 0.759 e. The van der Waals surface area contributed by atoms with E-state index in [0.717, 1.165) is 0 Å². The van der Waals surface area contributed by atoms with Gasteiger partial charge in [-0.25, -0.2) is 0 Å². The van der Waals surface area contributed by atoms with E-state index in [4.69, 9.17) is 32.8 Å². The zero-order chi connectivity index (χ0) is 8.08. The molecular formula is H14N4O8S. The maximum atomic E-state index is 8.52. The molecule has 12 nitrogen and oxygen atoms in total. The summed E-state index contributed by atoms with van der Waals surface area (Å²) in [5, 5.41) is 14.8. The maximum Gasteiger partial charge on any atom is 0.0689 e. The quantitative estimate of drug-likeness (QED) is 0.195. The molecular weight excluding hydrogens is 216 g/mol. The van der Waals surface area contributed by atoms with E-state index >= 15 is 0 Å². The fourth-order valence-corrected chi connectivity index (χ4v) is 0. The molecule has 0 rings (SSSR count). The second-order valence-electron chi connectivity index (χ2n) is 0.632. The van der Waals surface area contributed by atoms with E-state index in [1.165, 1.54) is 0 Å². The molecule has 0 radical (unpaired) electrons. The number of hydrogen-bond acceptors (Lipinski definition) is 7. The Labute approximate surface area is 73.3 Å². The molecule has 88 valence electrons. The van der Waals surface area contributed by atoms with Gasteiger partial charge in [0.15, 0.2) is 0 Å². The van der Waals surface area contributed by atoms with E-state index in [0.29, 0.717) is 0 Å². The summed E-state index contributed by atoms with van der Waals surface area (Å²) >= 11 is 0. The lowest BCUT2D eigenvalue weighted by atomic mass is 13.1. The van der Waals surface area contributed by atoms with Gasteiger partial charge in [0, 0.05) is 10.4 Å². The Morgan fingerprint density at radius 1 is 0.923 bits per heavy atom. The van der Waals surface area contributed by atoms with Gasteiger partial charge in [0.05, 0.1) is 5.09 Å². The maximum absolute atomic E-state index is 8.52. The first kappa shape index (κ1) is 40.6. The lowest BCUT2D eigenvalue weighted by molar-refractivity contribution is -0.402. The molecule has 13 heteroatoms. The van der Waals surface area contributed by atoms with E-state index in [9.17, 15) is 0 Å². The third kappa shape index (κ3) is 729. The topological polar surface area (TPSA) is 287 Å². The predicted molar refractivity (Wildman–Crippen MR) is 42.4 cm³/mol. The van der Waals surface area contributed by atoms with Crippen molar-refractivity contribution in [2.45, 2.75) is 0 Å². The van der Waals surface area contributed by atoms with Crippen molar-refractivity contribution in [3.8, 4) is 0 Å². The Balaban J connectivity index is -0.0000000146. The molecule has 0 aromatic carbocycles. The number of hydrogen-bond donors (Lipinski definition) is 3. The van der Waals surface area contributed by atoms with Gasteiger partial charge in [0.1, 0.15) is 0 Å².